The lowest BCUT2D eigenvalue weighted by atomic mass is 10.0. The van der Waals surface area contributed by atoms with Crippen LogP contribution in [0.25, 0.3) is 0 Å². The molecule has 476 valence electrons. The highest BCUT2D eigenvalue weighted by molar-refractivity contribution is 5.71. The van der Waals surface area contributed by atoms with Gasteiger partial charge in [0.1, 0.15) is 13.2 Å². The molecule has 1 unspecified atom stereocenters. The summed E-state index contributed by atoms with van der Waals surface area (Å²) >= 11 is 0. The molecule has 0 bridgehead atoms. The first-order valence-corrected chi connectivity index (χ1v) is 37.0. The molecule has 0 aliphatic heterocycles. The number of unbranched alkanes of at least 4 members (excludes halogenated alkanes) is 59. The summed E-state index contributed by atoms with van der Waals surface area (Å²) in [6, 6.07) is 0. The second kappa shape index (κ2) is 69.9. The normalized spacial score (nSPS) is 11.9. The molecular weight excluding hydrogens is 985 g/mol. The zero-order valence-electron chi connectivity index (χ0n) is 54.9. The van der Waals surface area contributed by atoms with Gasteiger partial charge in [0.2, 0.25) is 0 Å². The van der Waals surface area contributed by atoms with Crippen molar-refractivity contribution < 1.29 is 28.6 Å². The van der Waals surface area contributed by atoms with Crippen LogP contribution in [0.15, 0.2) is 0 Å². The largest absolute Gasteiger partial charge is 0.462 e. The lowest BCUT2D eigenvalue weighted by Gasteiger charge is -2.18. The Hall–Kier alpha value is -1.59. The molecular formula is C74H144O6. The van der Waals surface area contributed by atoms with Gasteiger partial charge in [-0.25, -0.2) is 0 Å². The predicted molar refractivity (Wildman–Crippen MR) is 349 cm³/mol. The Morgan fingerprint density at radius 1 is 0.200 bits per heavy atom. The fourth-order valence-corrected chi connectivity index (χ4v) is 11.8. The van der Waals surface area contributed by atoms with E-state index in [1.54, 1.807) is 0 Å². The number of hydrogen-bond donors (Lipinski definition) is 0. The molecule has 0 aliphatic rings. The van der Waals surface area contributed by atoms with Crippen molar-refractivity contribution in [3.8, 4) is 0 Å². The third kappa shape index (κ3) is 67.2. The molecule has 0 saturated heterocycles. The van der Waals surface area contributed by atoms with Crippen molar-refractivity contribution in [2.45, 2.75) is 444 Å². The fraction of sp³-hybridized carbons (Fsp3) is 0.959. The van der Waals surface area contributed by atoms with Crippen molar-refractivity contribution in [2.75, 3.05) is 13.2 Å². The Morgan fingerprint density at radius 2 is 0.338 bits per heavy atom. The van der Waals surface area contributed by atoms with Crippen molar-refractivity contribution in [2.24, 2.45) is 0 Å². The lowest BCUT2D eigenvalue weighted by molar-refractivity contribution is -0.167. The van der Waals surface area contributed by atoms with E-state index < -0.39 is 6.10 Å². The van der Waals surface area contributed by atoms with Crippen LogP contribution >= 0.6 is 0 Å². The Labute approximate surface area is 501 Å². The minimum atomic E-state index is -0.763. The Kier molecular flexibility index (Phi) is 68.5. The number of hydrogen-bond acceptors (Lipinski definition) is 6. The third-order valence-corrected chi connectivity index (χ3v) is 17.4. The smallest absolute Gasteiger partial charge is 0.306 e. The van der Waals surface area contributed by atoms with Crippen LogP contribution in [-0.2, 0) is 28.6 Å². The maximum Gasteiger partial charge on any atom is 0.306 e. The molecule has 80 heavy (non-hydrogen) atoms. The second-order valence-electron chi connectivity index (χ2n) is 25.6. The highest BCUT2D eigenvalue weighted by Crippen LogP contribution is 2.20. The van der Waals surface area contributed by atoms with Gasteiger partial charge < -0.3 is 14.2 Å². The van der Waals surface area contributed by atoms with Crippen LogP contribution in [0.2, 0.25) is 0 Å². The van der Waals surface area contributed by atoms with Crippen LogP contribution in [0, 0.1) is 0 Å². The van der Waals surface area contributed by atoms with Crippen molar-refractivity contribution in [1.29, 1.82) is 0 Å². The maximum absolute atomic E-state index is 12.9. The van der Waals surface area contributed by atoms with E-state index in [2.05, 4.69) is 20.8 Å². The molecule has 6 heteroatoms. The van der Waals surface area contributed by atoms with E-state index in [9.17, 15) is 14.4 Å². The highest BCUT2D eigenvalue weighted by Gasteiger charge is 2.20. The Bertz CT molecular complexity index is 1200. The SMILES string of the molecule is CCCCCCCCCCCCCCCCCCCCCCCCCCCCCCCCCCCC(=O)OCC(COC(=O)CCCCCCCCCCCCCC)OC(=O)CCCCCCCCCCCCCCCCCCC. The van der Waals surface area contributed by atoms with Gasteiger partial charge in [0.15, 0.2) is 6.10 Å². The minimum Gasteiger partial charge on any atom is -0.462 e. The standard InChI is InChI=1S/C74H144O6/c1-4-7-10-13-16-19-22-25-27-29-30-31-32-33-34-35-36-37-38-39-40-41-42-43-44-46-47-49-52-55-58-61-64-67-73(76)79-70-71(69-78-72(75)66-63-60-57-54-51-24-21-18-15-12-9-6-3)80-74(77)68-65-62-59-56-53-50-48-45-28-26-23-20-17-14-11-8-5-2/h71H,4-70H2,1-3H3. The van der Waals surface area contributed by atoms with Gasteiger partial charge >= 0.3 is 17.9 Å². The quantitative estimate of drug-likeness (QED) is 0.0343. The predicted octanol–water partition coefficient (Wildman–Crippen LogP) is 25.4. The van der Waals surface area contributed by atoms with Crippen LogP contribution in [0.5, 0.6) is 0 Å². The van der Waals surface area contributed by atoms with E-state index in [-0.39, 0.29) is 31.1 Å². The number of ether oxygens (including phenoxy) is 3. The molecule has 0 heterocycles. The summed E-state index contributed by atoms with van der Waals surface area (Å²) in [5.41, 5.74) is 0. The zero-order chi connectivity index (χ0) is 57.8. The molecule has 0 saturated carbocycles. The summed E-state index contributed by atoms with van der Waals surface area (Å²) in [6.07, 6.45) is 83.1. The lowest BCUT2D eigenvalue weighted by Crippen LogP contribution is -2.30. The van der Waals surface area contributed by atoms with Gasteiger partial charge in [-0.05, 0) is 19.3 Å². The van der Waals surface area contributed by atoms with E-state index in [0.717, 1.165) is 57.8 Å². The van der Waals surface area contributed by atoms with E-state index in [1.165, 1.54) is 340 Å². The molecule has 0 fully saturated rings. The molecule has 0 radical (unpaired) electrons. The molecule has 0 spiro atoms. The molecule has 0 rings (SSSR count). The van der Waals surface area contributed by atoms with Crippen LogP contribution in [0.4, 0.5) is 0 Å². The van der Waals surface area contributed by atoms with E-state index >= 15 is 0 Å². The van der Waals surface area contributed by atoms with Gasteiger partial charge in [-0.3, -0.25) is 14.4 Å². The first-order valence-electron chi connectivity index (χ1n) is 37.0. The monoisotopic (exact) mass is 1130 g/mol. The van der Waals surface area contributed by atoms with Crippen LogP contribution < -0.4 is 0 Å². The van der Waals surface area contributed by atoms with Gasteiger partial charge in [-0.15, -0.1) is 0 Å². The first kappa shape index (κ1) is 78.4. The number of rotatable bonds is 70. The number of carbonyl (C=O) groups is 3. The average molecular weight is 1130 g/mol. The van der Waals surface area contributed by atoms with Gasteiger partial charge in [0.25, 0.3) is 0 Å². The van der Waals surface area contributed by atoms with Crippen LogP contribution in [-0.4, -0.2) is 37.2 Å². The van der Waals surface area contributed by atoms with Crippen LogP contribution in [0.3, 0.4) is 0 Å². The number of esters is 3. The molecule has 0 aromatic carbocycles. The van der Waals surface area contributed by atoms with Crippen molar-refractivity contribution in [3.05, 3.63) is 0 Å². The Balaban J connectivity index is 4.03. The topological polar surface area (TPSA) is 78.9 Å². The summed E-state index contributed by atoms with van der Waals surface area (Å²) in [5.74, 6) is -0.822. The third-order valence-electron chi connectivity index (χ3n) is 17.4. The van der Waals surface area contributed by atoms with Gasteiger partial charge in [-0.1, -0.05) is 400 Å². The van der Waals surface area contributed by atoms with Crippen molar-refractivity contribution in [1.82, 2.24) is 0 Å². The van der Waals surface area contributed by atoms with Gasteiger partial charge in [0, 0.05) is 19.3 Å². The van der Waals surface area contributed by atoms with Crippen LogP contribution in [0.1, 0.15) is 438 Å². The molecule has 0 aromatic heterocycles. The second-order valence-corrected chi connectivity index (χ2v) is 25.6. The average Bonchev–Trinajstić information content (AvgIpc) is 3.46. The number of carbonyl (C=O) groups excluding carboxylic acids is 3. The summed E-state index contributed by atoms with van der Waals surface area (Å²) in [6.45, 7) is 6.74. The molecule has 6 nitrogen and oxygen atoms in total. The van der Waals surface area contributed by atoms with Crippen molar-refractivity contribution in [3.63, 3.8) is 0 Å². The molecule has 0 amide bonds. The summed E-state index contributed by atoms with van der Waals surface area (Å²) < 4.78 is 17.0. The van der Waals surface area contributed by atoms with Gasteiger partial charge in [-0.2, -0.15) is 0 Å². The van der Waals surface area contributed by atoms with Crippen molar-refractivity contribution >= 4 is 17.9 Å². The summed E-state index contributed by atoms with van der Waals surface area (Å²) in [7, 11) is 0. The summed E-state index contributed by atoms with van der Waals surface area (Å²) in [5, 5.41) is 0. The highest BCUT2D eigenvalue weighted by atomic mass is 16.6. The maximum atomic E-state index is 12.9. The van der Waals surface area contributed by atoms with E-state index in [0.29, 0.717) is 19.3 Å². The minimum absolute atomic E-state index is 0.0604. The summed E-state index contributed by atoms with van der Waals surface area (Å²) in [4.78, 5) is 38.4. The first-order chi connectivity index (χ1) is 39.5. The zero-order valence-corrected chi connectivity index (χ0v) is 54.9. The molecule has 0 aromatic rings. The molecule has 0 aliphatic carbocycles. The van der Waals surface area contributed by atoms with E-state index in [4.69, 9.17) is 14.2 Å². The molecule has 1 atom stereocenters. The van der Waals surface area contributed by atoms with E-state index in [1.807, 2.05) is 0 Å². The Morgan fingerprint density at radius 3 is 0.500 bits per heavy atom. The van der Waals surface area contributed by atoms with Gasteiger partial charge in [0.05, 0.1) is 0 Å². The fourth-order valence-electron chi connectivity index (χ4n) is 11.8. The molecule has 0 N–H and O–H groups in total.